The predicted octanol–water partition coefficient (Wildman–Crippen LogP) is 13.5. The molecule has 0 saturated heterocycles. The van der Waals surface area contributed by atoms with Gasteiger partial charge in [-0.3, -0.25) is 0 Å². The molecule has 0 amide bonds. The Hall–Kier alpha value is -0.780. The predicted molar refractivity (Wildman–Crippen MR) is 173 cm³/mol. The monoisotopic (exact) mass is 526 g/mol. The number of rotatable bonds is 30. The lowest BCUT2D eigenvalue weighted by Gasteiger charge is -2.06. The Kier molecular flexibility index (Phi) is 27.1. The quantitative estimate of drug-likeness (QED) is 0.0876. The first-order chi connectivity index (χ1) is 18.9. The van der Waals surface area contributed by atoms with Gasteiger partial charge in [-0.25, -0.2) is 0 Å². The molecule has 221 valence electrons. The summed E-state index contributed by atoms with van der Waals surface area (Å²) in [6.45, 7) is 4.61. The van der Waals surface area contributed by atoms with Crippen molar-refractivity contribution in [2.75, 3.05) is 0 Å². The van der Waals surface area contributed by atoms with Crippen LogP contribution in [0.25, 0.3) is 0 Å². The third-order valence-corrected chi connectivity index (χ3v) is 8.52. The van der Waals surface area contributed by atoms with E-state index in [4.69, 9.17) is 0 Å². The zero-order valence-corrected chi connectivity index (χ0v) is 26.4. The lowest BCUT2D eigenvalue weighted by molar-refractivity contribution is 0.535. The maximum Gasteiger partial charge on any atom is -0.0114 e. The molecule has 0 aliphatic carbocycles. The van der Waals surface area contributed by atoms with Gasteiger partial charge in [0.1, 0.15) is 0 Å². The maximum absolute atomic E-state index is 3.74. The Balaban J connectivity index is 1.88. The minimum Gasteiger partial charge on any atom is -0.0654 e. The molecule has 38 heavy (non-hydrogen) atoms. The van der Waals surface area contributed by atoms with Gasteiger partial charge in [0.25, 0.3) is 0 Å². The Labute approximate surface area is 241 Å². The SMILES string of the molecule is CCCCCCCCCCCCCCCCc1[c]c(CCCCCCCCCCCCCCCC)ccc1. The van der Waals surface area contributed by atoms with Crippen molar-refractivity contribution < 1.29 is 0 Å². The number of aryl methyl sites for hydroxylation is 2. The van der Waals surface area contributed by atoms with Crippen LogP contribution in [0.2, 0.25) is 0 Å². The van der Waals surface area contributed by atoms with Gasteiger partial charge < -0.3 is 0 Å². The smallest absolute Gasteiger partial charge is 0.0114 e. The summed E-state index contributed by atoms with van der Waals surface area (Å²) in [5.41, 5.74) is 2.90. The summed E-state index contributed by atoms with van der Waals surface area (Å²) in [5.74, 6) is 0. The molecule has 0 atom stereocenters. The highest BCUT2D eigenvalue weighted by Gasteiger charge is 2.00. The first kappa shape index (κ1) is 35.2. The summed E-state index contributed by atoms with van der Waals surface area (Å²) in [4.78, 5) is 0. The molecule has 0 nitrogen and oxygen atoms in total. The van der Waals surface area contributed by atoms with Crippen LogP contribution in [0.4, 0.5) is 0 Å². The van der Waals surface area contributed by atoms with Crippen molar-refractivity contribution in [1.29, 1.82) is 0 Å². The van der Waals surface area contributed by atoms with Gasteiger partial charge in [0, 0.05) is 0 Å². The van der Waals surface area contributed by atoms with E-state index in [9.17, 15) is 0 Å². The Bertz CT molecular complexity index is 526. The molecule has 0 bridgehead atoms. The van der Waals surface area contributed by atoms with Gasteiger partial charge in [-0.15, -0.1) is 0 Å². The average Bonchev–Trinajstić information content (AvgIpc) is 2.93. The molecule has 0 aliphatic heterocycles. The molecular weight excluding hydrogens is 456 g/mol. The first-order valence-electron chi connectivity index (χ1n) is 17.9. The van der Waals surface area contributed by atoms with Crippen molar-refractivity contribution in [3.8, 4) is 0 Å². The van der Waals surface area contributed by atoms with Crippen molar-refractivity contribution in [3.05, 3.63) is 35.4 Å². The van der Waals surface area contributed by atoms with Gasteiger partial charge in [0.05, 0.1) is 0 Å². The lowest BCUT2D eigenvalue weighted by atomic mass is 9.99. The van der Waals surface area contributed by atoms with E-state index in [1.54, 1.807) is 0 Å². The molecule has 0 unspecified atom stereocenters. The van der Waals surface area contributed by atoms with E-state index < -0.39 is 0 Å². The van der Waals surface area contributed by atoms with Gasteiger partial charge in [0.15, 0.2) is 0 Å². The van der Waals surface area contributed by atoms with Crippen molar-refractivity contribution in [2.24, 2.45) is 0 Å². The minimum atomic E-state index is 1.23. The van der Waals surface area contributed by atoms with Crippen molar-refractivity contribution >= 4 is 0 Å². The van der Waals surface area contributed by atoms with Crippen LogP contribution in [0.1, 0.15) is 205 Å². The molecule has 0 heteroatoms. The molecule has 1 aromatic carbocycles. The van der Waals surface area contributed by atoms with E-state index in [1.807, 2.05) is 0 Å². The van der Waals surface area contributed by atoms with Crippen LogP contribution in [-0.4, -0.2) is 0 Å². The molecule has 1 aromatic rings. The summed E-state index contributed by atoms with van der Waals surface area (Å²) in [5, 5.41) is 0. The number of unbranched alkanes of at least 4 members (excludes halogenated alkanes) is 26. The normalized spacial score (nSPS) is 11.4. The van der Waals surface area contributed by atoms with Gasteiger partial charge in [-0.1, -0.05) is 199 Å². The molecular formula is C38H69. The molecule has 0 aliphatic rings. The standard InChI is InChI=1S/C38H69/c1-3-5-7-9-11-13-15-17-19-21-23-25-27-29-32-37-34-31-35-38(36-37)33-30-28-26-24-22-20-18-16-14-12-10-8-6-4-2/h31,34-35H,3-30,32-33H2,1-2H3. The maximum atomic E-state index is 3.74. The van der Waals surface area contributed by atoms with Crippen LogP contribution in [0.15, 0.2) is 18.2 Å². The molecule has 0 aromatic heterocycles. The lowest BCUT2D eigenvalue weighted by Crippen LogP contribution is -1.92. The van der Waals surface area contributed by atoms with Crippen LogP contribution in [0.3, 0.4) is 0 Å². The summed E-state index contributed by atoms with van der Waals surface area (Å²) in [7, 11) is 0. The Morgan fingerprint density at radius 3 is 0.842 bits per heavy atom. The van der Waals surface area contributed by atoms with E-state index in [2.05, 4.69) is 38.1 Å². The summed E-state index contributed by atoms with van der Waals surface area (Å²) in [6.07, 6.45) is 42.7. The summed E-state index contributed by atoms with van der Waals surface area (Å²) < 4.78 is 0. The zero-order valence-electron chi connectivity index (χ0n) is 26.4. The second kappa shape index (κ2) is 29.2. The third-order valence-electron chi connectivity index (χ3n) is 8.52. The fourth-order valence-corrected chi connectivity index (χ4v) is 5.88. The highest BCUT2D eigenvalue weighted by atomic mass is 14.1. The van der Waals surface area contributed by atoms with Crippen LogP contribution < -0.4 is 0 Å². The van der Waals surface area contributed by atoms with E-state index in [0.29, 0.717) is 0 Å². The van der Waals surface area contributed by atoms with E-state index in [1.165, 1.54) is 204 Å². The molecule has 0 saturated carbocycles. The zero-order chi connectivity index (χ0) is 27.2. The third kappa shape index (κ3) is 24.3. The average molecular weight is 526 g/mol. The molecule has 0 N–H and O–H groups in total. The van der Waals surface area contributed by atoms with Crippen molar-refractivity contribution in [2.45, 2.75) is 206 Å². The summed E-state index contributed by atoms with van der Waals surface area (Å²) >= 11 is 0. The van der Waals surface area contributed by atoms with E-state index in [0.717, 1.165) is 0 Å². The van der Waals surface area contributed by atoms with Gasteiger partial charge in [0.2, 0.25) is 0 Å². The molecule has 1 rings (SSSR count). The fraction of sp³-hybridized carbons (Fsp3) is 0.842. The van der Waals surface area contributed by atoms with Gasteiger partial charge >= 0.3 is 0 Å². The Morgan fingerprint density at radius 1 is 0.342 bits per heavy atom. The van der Waals surface area contributed by atoms with Crippen LogP contribution in [0, 0.1) is 6.07 Å². The largest absolute Gasteiger partial charge is 0.0654 e. The second-order valence-electron chi connectivity index (χ2n) is 12.4. The summed E-state index contributed by atoms with van der Waals surface area (Å²) in [6, 6.07) is 10.6. The van der Waals surface area contributed by atoms with Crippen molar-refractivity contribution in [3.63, 3.8) is 0 Å². The van der Waals surface area contributed by atoms with E-state index >= 15 is 0 Å². The number of hydrogen-bond acceptors (Lipinski definition) is 0. The van der Waals surface area contributed by atoms with Crippen molar-refractivity contribution in [1.82, 2.24) is 0 Å². The van der Waals surface area contributed by atoms with Crippen LogP contribution >= 0.6 is 0 Å². The highest BCUT2D eigenvalue weighted by molar-refractivity contribution is 5.22. The Morgan fingerprint density at radius 2 is 0.579 bits per heavy atom. The fourth-order valence-electron chi connectivity index (χ4n) is 5.88. The van der Waals surface area contributed by atoms with E-state index in [-0.39, 0.29) is 0 Å². The highest BCUT2D eigenvalue weighted by Crippen LogP contribution is 2.17. The van der Waals surface area contributed by atoms with Crippen LogP contribution in [-0.2, 0) is 12.8 Å². The topological polar surface area (TPSA) is 0 Å². The minimum absolute atomic E-state index is 1.23. The molecule has 1 radical (unpaired) electrons. The van der Waals surface area contributed by atoms with Crippen LogP contribution in [0.5, 0.6) is 0 Å². The second-order valence-corrected chi connectivity index (χ2v) is 12.4. The molecule has 0 heterocycles. The van der Waals surface area contributed by atoms with Gasteiger partial charge in [-0.2, -0.15) is 0 Å². The number of hydrogen-bond donors (Lipinski definition) is 0. The number of benzene rings is 1. The molecule has 0 spiro atoms. The first-order valence-corrected chi connectivity index (χ1v) is 17.9. The van der Waals surface area contributed by atoms with Gasteiger partial charge in [-0.05, 0) is 42.9 Å². The molecule has 0 fully saturated rings.